The Morgan fingerprint density at radius 1 is 1.17 bits per heavy atom. The lowest BCUT2D eigenvalue weighted by Crippen LogP contribution is -2.14. The highest BCUT2D eigenvalue weighted by Crippen LogP contribution is 2.19. The molecule has 0 aliphatic heterocycles. The smallest absolute Gasteiger partial charge is 0.148 e. The minimum Gasteiger partial charge on any atom is -0.364 e. The molecule has 94 valence electrons. The van der Waals surface area contributed by atoms with Gasteiger partial charge in [-0.3, -0.25) is 0 Å². The van der Waals surface area contributed by atoms with Crippen molar-refractivity contribution in [3.05, 3.63) is 36.2 Å². The summed E-state index contributed by atoms with van der Waals surface area (Å²) in [6, 6.07) is 1.85. The van der Waals surface area contributed by atoms with Crippen molar-refractivity contribution < 1.29 is 0 Å². The third-order valence-corrected chi connectivity index (χ3v) is 2.52. The Bertz CT molecular complexity index is 500. The van der Waals surface area contributed by atoms with E-state index in [4.69, 9.17) is 5.84 Å². The van der Waals surface area contributed by atoms with Gasteiger partial charge in [-0.15, -0.1) is 0 Å². The highest BCUT2D eigenvalue weighted by molar-refractivity contribution is 5.56. The number of nitrogens with two attached hydrogens (primary N) is 1. The van der Waals surface area contributed by atoms with E-state index >= 15 is 0 Å². The summed E-state index contributed by atoms with van der Waals surface area (Å²) in [4.78, 5) is 16.3. The van der Waals surface area contributed by atoms with Crippen LogP contribution in [0.4, 0.5) is 11.6 Å². The molecule has 0 amide bonds. The van der Waals surface area contributed by atoms with Gasteiger partial charge in [-0.25, -0.2) is 25.8 Å². The van der Waals surface area contributed by atoms with Crippen molar-refractivity contribution in [1.82, 2.24) is 19.9 Å². The van der Waals surface area contributed by atoms with Crippen molar-refractivity contribution in [1.29, 1.82) is 0 Å². The van der Waals surface area contributed by atoms with E-state index < -0.39 is 0 Å². The number of hydrogen-bond donors (Lipinski definition) is 3. The second-order valence-electron chi connectivity index (χ2n) is 3.60. The molecule has 0 aromatic carbocycles. The van der Waals surface area contributed by atoms with Gasteiger partial charge in [-0.05, 0) is 12.5 Å². The first kappa shape index (κ1) is 12.2. The quantitative estimate of drug-likeness (QED) is 0.527. The molecule has 2 heterocycles. The van der Waals surface area contributed by atoms with Crippen molar-refractivity contribution in [2.45, 2.75) is 19.9 Å². The number of hydrogen-bond acceptors (Lipinski definition) is 7. The zero-order valence-corrected chi connectivity index (χ0v) is 10.1. The van der Waals surface area contributed by atoms with E-state index in [0.717, 1.165) is 23.5 Å². The SMILES string of the molecule is CCc1c(NN)ncnc1NCc1ccncn1. The van der Waals surface area contributed by atoms with Crippen LogP contribution in [0.2, 0.25) is 0 Å². The van der Waals surface area contributed by atoms with Gasteiger partial charge >= 0.3 is 0 Å². The Kier molecular flexibility index (Phi) is 3.98. The second-order valence-corrected chi connectivity index (χ2v) is 3.60. The summed E-state index contributed by atoms with van der Waals surface area (Å²) in [5.41, 5.74) is 4.42. The molecular formula is C11H15N7. The predicted octanol–water partition coefficient (Wildman–Crippen LogP) is 0.727. The fourth-order valence-corrected chi connectivity index (χ4v) is 1.62. The van der Waals surface area contributed by atoms with Gasteiger partial charge in [0.2, 0.25) is 0 Å². The number of nitrogens with zero attached hydrogens (tertiary/aromatic N) is 4. The van der Waals surface area contributed by atoms with Crippen molar-refractivity contribution in [3.63, 3.8) is 0 Å². The molecule has 4 N–H and O–H groups in total. The maximum Gasteiger partial charge on any atom is 0.148 e. The molecule has 18 heavy (non-hydrogen) atoms. The van der Waals surface area contributed by atoms with E-state index in [2.05, 4.69) is 30.7 Å². The topological polar surface area (TPSA) is 102 Å². The maximum atomic E-state index is 5.41. The van der Waals surface area contributed by atoms with Gasteiger partial charge in [0.05, 0.1) is 12.2 Å². The van der Waals surface area contributed by atoms with Gasteiger partial charge in [0.25, 0.3) is 0 Å². The molecule has 7 heteroatoms. The largest absolute Gasteiger partial charge is 0.364 e. The second kappa shape index (κ2) is 5.87. The molecular weight excluding hydrogens is 230 g/mol. The van der Waals surface area contributed by atoms with Crippen molar-refractivity contribution >= 4 is 11.6 Å². The minimum absolute atomic E-state index is 0.580. The third kappa shape index (κ3) is 2.69. The van der Waals surface area contributed by atoms with E-state index in [0.29, 0.717) is 12.4 Å². The Morgan fingerprint density at radius 3 is 2.67 bits per heavy atom. The zero-order chi connectivity index (χ0) is 12.8. The fourth-order valence-electron chi connectivity index (χ4n) is 1.62. The molecule has 0 spiro atoms. The predicted molar refractivity (Wildman–Crippen MR) is 68.6 cm³/mol. The van der Waals surface area contributed by atoms with E-state index in [9.17, 15) is 0 Å². The number of rotatable bonds is 5. The van der Waals surface area contributed by atoms with E-state index in [1.165, 1.54) is 12.7 Å². The van der Waals surface area contributed by atoms with Crippen LogP contribution in [0.3, 0.4) is 0 Å². The van der Waals surface area contributed by atoms with Crippen molar-refractivity contribution in [2.24, 2.45) is 5.84 Å². The lowest BCUT2D eigenvalue weighted by Gasteiger charge is -2.12. The van der Waals surface area contributed by atoms with Crippen LogP contribution in [0.1, 0.15) is 18.2 Å². The summed E-state index contributed by atoms with van der Waals surface area (Å²) in [6.07, 6.45) is 5.48. The Morgan fingerprint density at radius 2 is 2.00 bits per heavy atom. The number of hydrazine groups is 1. The molecule has 0 unspecified atom stereocenters. The molecule has 0 radical (unpaired) electrons. The summed E-state index contributed by atoms with van der Waals surface area (Å²) in [7, 11) is 0. The van der Waals surface area contributed by atoms with Crippen LogP contribution in [0.5, 0.6) is 0 Å². The van der Waals surface area contributed by atoms with Crippen LogP contribution in [0, 0.1) is 0 Å². The lowest BCUT2D eigenvalue weighted by atomic mass is 10.2. The molecule has 2 rings (SSSR count). The van der Waals surface area contributed by atoms with Crippen LogP contribution >= 0.6 is 0 Å². The highest BCUT2D eigenvalue weighted by Gasteiger charge is 2.08. The number of nitrogens with one attached hydrogen (secondary N) is 2. The summed E-state index contributed by atoms with van der Waals surface area (Å²) < 4.78 is 0. The number of nitrogen functional groups attached to an aromatic ring is 1. The van der Waals surface area contributed by atoms with Crippen molar-refractivity contribution in [2.75, 3.05) is 10.7 Å². The molecule has 2 aromatic heterocycles. The van der Waals surface area contributed by atoms with Gasteiger partial charge in [0.1, 0.15) is 24.3 Å². The maximum absolute atomic E-state index is 5.41. The molecule has 0 aliphatic carbocycles. The standard InChI is InChI=1S/C11H15N7/c1-2-9-10(16-7-17-11(9)18-12)14-5-8-3-4-13-6-15-8/h3-4,6-7H,2,5,12H2,1H3,(H2,14,16,17,18). The van der Waals surface area contributed by atoms with Crippen LogP contribution in [-0.2, 0) is 13.0 Å². The molecule has 7 nitrogen and oxygen atoms in total. The first-order valence-corrected chi connectivity index (χ1v) is 5.64. The van der Waals surface area contributed by atoms with Gasteiger partial charge in [0.15, 0.2) is 0 Å². The fraction of sp³-hybridized carbons (Fsp3) is 0.273. The van der Waals surface area contributed by atoms with E-state index in [1.54, 1.807) is 6.20 Å². The molecule has 0 saturated carbocycles. The van der Waals surface area contributed by atoms with Crippen LogP contribution in [-0.4, -0.2) is 19.9 Å². The van der Waals surface area contributed by atoms with Crippen molar-refractivity contribution in [3.8, 4) is 0 Å². The Labute approximate surface area is 105 Å². The van der Waals surface area contributed by atoms with Crippen LogP contribution in [0.25, 0.3) is 0 Å². The highest BCUT2D eigenvalue weighted by atomic mass is 15.3. The normalized spacial score (nSPS) is 10.1. The first-order chi connectivity index (χ1) is 8.85. The molecule has 0 atom stereocenters. The summed E-state index contributed by atoms with van der Waals surface area (Å²) in [5, 5.41) is 3.22. The van der Waals surface area contributed by atoms with E-state index in [1.807, 2.05) is 13.0 Å². The molecule has 0 fully saturated rings. The molecule has 0 bridgehead atoms. The molecule has 0 aliphatic rings. The van der Waals surface area contributed by atoms with Crippen LogP contribution in [0.15, 0.2) is 24.9 Å². The first-order valence-electron chi connectivity index (χ1n) is 5.64. The third-order valence-electron chi connectivity index (χ3n) is 2.52. The zero-order valence-electron chi connectivity index (χ0n) is 10.1. The lowest BCUT2D eigenvalue weighted by molar-refractivity contribution is 0.968. The summed E-state index contributed by atoms with van der Waals surface area (Å²) in [6.45, 7) is 2.60. The van der Waals surface area contributed by atoms with Gasteiger partial charge in [-0.1, -0.05) is 6.92 Å². The Balaban J connectivity index is 2.14. The van der Waals surface area contributed by atoms with Gasteiger partial charge in [0, 0.05) is 11.8 Å². The summed E-state index contributed by atoms with van der Waals surface area (Å²) >= 11 is 0. The summed E-state index contributed by atoms with van der Waals surface area (Å²) in [5.74, 6) is 6.81. The number of aromatic nitrogens is 4. The molecule has 0 saturated heterocycles. The van der Waals surface area contributed by atoms with E-state index in [-0.39, 0.29) is 0 Å². The van der Waals surface area contributed by atoms with Crippen LogP contribution < -0.4 is 16.6 Å². The van der Waals surface area contributed by atoms with Gasteiger partial charge in [-0.2, -0.15) is 0 Å². The Hall–Kier alpha value is -2.28. The minimum atomic E-state index is 0.580. The average molecular weight is 245 g/mol. The number of anilines is 2. The molecule has 2 aromatic rings. The average Bonchev–Trinajstić information content (AvgIpc) is 2.45. The monoisotopic (exact) mass is 245 g/mol. The van der Waals surface area contributed by atoms with Gasteiger partial charge < -0.3 is 10.7 Å².